The van der Waals surface area contributed by atoms with Gasteiger partial charge in [-0.3, -0.25) is 19.1 Å². The fourth-order valence-corrected chi connectivity index (χ4v) is 4.96. The summed E-state index contributed by atoms with van der Waals surface area (Å²) in [5.41, 5.74) is 1.72. The lowest BCUT2D eigenvalue weighted by Crippen LogP contribution is -2.44. The summed E-state index contributed by atoms with van der Waals surface area (Å²) in [4.78, 5) is 53.1. The van der Waals surface area contributed by atoms with Gasteiger partial charge in [-0.1, -0.05) is 13.0 Å². The van der Waals surface area contributed by atoms with E-state index >= 15 is 0 Å². The molecule has 11 nitrogen and oxygen atoms in total. The highest BCUT2D eigenvalue weighted by molar-refractivity contribution is 9.10. The summed E-state index contributed by atoms with van der Waals surface area (Å²) in [6.45, 7) is 5.61. The number of nitrogens with zero attached hydrogens (tertiary/aromatic N) is 6. The number of likely N-dealkylation sites (tertiary alicyclic amines) is 1. The predicted molar refractivity (Wildman–Crippen MR) is 146 cm³/mol. The minimum atomic E-state index is -0.642. The molecule has 0 radical (unpaired) electrons. The Hall–Kier alpha value is -4.19. The van der Waals surface area contributed by atoms with Crippen LogP contribution in [0.1, 0.15) is 36.3 Å². The van der Waals surface area contributed by atoms with Crippen molar-refractivity contribution in [2.45, 2.75) is 39.8 Å². The molecule has 3 aromatic heterocycles. The number of rotatable bonds is 7. The van der Waals surface area contributed by atoms with Crippen molar-refractivity contribution in [3.05, 3.63) is 64.7 Å². The van der Waals surface area contributed by atoms with Crippen LogP contribution in [0.2, 0.25) is 0 Å². The molecule has 0 aliphatic carbocycles. The second-order valence-electron chi connectivity index (χ2n) is 9.62. The molecule has 1 saturated heterocycles. The van der Waals surface area contributed by atoms with E-state index < -0.39 is 6.04 Å². The molecule has 12 heteroatoms. The molecule has 0 bridgehead atoms. The number of aryl methyl sites for hydroxylation is 1. The number of amides is 2. The SMILES string of the molecule is CC(=O)c1nn(CC(=O)N2C[C@H](C)C[C@H]2C(=O)Nc2cccc(Br)n2)c2ccc(Oc3ncc(C)cn3)cc12. The van der Waals surface area contributed by atoms with Crippen LogP contribution in [0.3, 0.4) is 0 Å². The van der Waals surface area contributed by atoms with Crippen LogP contribution in [0.4, 0.5) is 5.82 Å². The Labute approximate surface area is 232 Å². The van der Waals surface area contributed by atoms with Gasteiger partial charge in [0.2, 0.25) is 11.8 Å². The second-order valence-corrected chi connectivity index (χ2v) is 10.4. The summed E-state index contributed by atoms with van der Waals surface area (Å²) >= 11 is 3.30. The van der Waals surface area contributed by atoms with E-state index in [9.17, 15) is 14.4 Å². The standard InChI is InChI=1S/C27H26BrN7O4/c1-15-9-21(26(38)32-23-6-4-5-22(28)31-23)34(13-15)24(37)14-35-20-8-7-18(10-19(20)25(33-35)17(3)36)39-27-29-11-16(2)12-30-27/h4-8,10-12,15,21H,9,13-14H2,1-3H3,(H,31,32,38)/t15-,21+/m1/s1. The average molecular weight is 592 g/mol. The molecule has 39 heavy (non-hydrogen) atoms. The Kier molecular flexibility index (Phi) is 7.38. The molecule has 1 aliphatic rings. The average Bonchev–Trinajstić information content (AvgIpc) is 3.46. The molecule has 1 aliphatic heterocycles. The van der Waals surface area contributed by atoms with E-state index in [1.54, 1.807) is 53.7 Å². The molecule has 4 heterocycles. The van der Waals surface area contributed by atoms with Gasteiger partial charge in [0.1, 0.15) is 34.5 Å². The number of Topliss-reactive ketones (excluding diaryl/α,β-unsaturated/α-hetero) is 1. The van der Waals surface area contributed by atoms with E-state index in [4.69, 9.17) is 4.74 Å². The van der Waals surface area contributed by atoms with Gasteiger partial charge in [-0.15, -0.1) is 0 Å². The number of nitrogens with one attached hydrogen (secondary N) is 1. The number of ketones is 1. The van der Waals surface area contributed by atoms with Crippen molar-refractivity contribution in [2.75, 3.05) is 11.9 Å². The van der Waals surface area contributed by atoms with Crippen LogP contribution in [0.25, 0.3) is 10.9 Å². The van der Waals surface area contributed by atoms with Gasteiger partial charge in [0.25, 0.3) is 0 Å². The Morgan fingerprint density at radius 3 is 2.64 bits per heavy atom. The first kappa shape index (κ1) is 26.4. The monoisotopic (exact) mass is 591 g/mol. The molecule has 1 fully saturated rings. The van der Waals surface area contributed by atoms with Crippen LogP contribution >= 0.6 is 15.9 Å². The van der Waals surface area contributed by atoms with E-state index in [0.29, 0.717) is 40.0 Å². The third-order valence-corrected chi connectivity index (χ3v) is 6.85. The number of anilines is 1. The number of aromatic nitrogens is 5. The smallest absolute Gasteiger partial charge is 0.321 e. The molecule has 0 saturated carbocycles. The zero-order chi connectivity index (χ0) is 27.7. The molecule has 200 valence electrons. The molecule has 4 aromatic rings. The normalized spacial score (nSPS) is 16.9. The van der Waals surface area contributed by atoms with E-state index in [1.807, 2.05) is 13.8 Å². The molecular formula is C27H26BrN7O4. The quantitative estimate of drug-likeness (QED) is 0.250. The van der Waals surface area contributed by atoms with Gasteiger partial charge in [0.15, 0.2) is 5.78 Å². The van der Waals surface area contributed by atoms with Crippen molar-refractivity contribution in [3.8, 4) is 11.8 Å². The third-order valence-electron chi connectivity index (χ3n) is 6.41. The van der Waals surface area contributed by atoms with Crippen LogP contribution in [0.5, 0.6) is 11.8 Å². The number of carbonyl (C=O) groups excluding carboxylic acids is 3. The van der Waals surface area contributed by atoms with E-state index in [-0.39, 0.29) is 41.8 Å². The Morgan fingerprint density at radius 1 is 1.15 bits per heavy atom. The number of hydrogen-bond donors (Lipinski definition) is 1. The summed E-state index contributed by atoms with van der Waals surface area (Å²) < 4.78 is 7.85. The topological polar surface area (TPSA) is 132 Å². The number of pyridine rings is 1. The van der Waals surface area contributed by atoms with Crippen LogP contribution in [0.15, 0.2) is 53.4 Å². The molecule has 1 N–H and O–H groups in total. The first-order valence-corrected chi connectivity index (χ1v) is 13.2. The molecular weight excluding hydrogens is 566 g/mol. The lowest BCUT2D eigenvalue weighted by atomic mass is 10.1. The van der Waals surface area contributed by atoms with Crippen molar-refractivity contribution in [1.29, 1.82) is 0 Å². The van der Waals surface area contributed by atoms with E-state index in [2.05, 4.69) is 41.3 Å². The maximum absolute atomic E-state index is 13.5. The van der Waals surface area contributed by atoms with Crippen LogP contribution in [-0.4, -0.2) is 59.8 Å². The Balaban J connectivity index is 1.37. The number of ether oxygens (including phenoxy) is 1. The largest absolute Gasteiger partial charge is 0.424 e. The van der Waals surface area contributed by atoms with Gasteiger partial charge >= 0.3 is 6.01 Å². The first-order valence-electron chi connectivity index (χ1n) is 12.4. The summed E-state index contributed by atoms with van der Waals surface area (Å²) in [5, 5.41) is 7.80. The van der Waals surface area contributed by atoms with Crippen LogP contribution in [0, 0.1) is 12.8 Å². The van der Waals surface area contributed by atoms with Gasteiger partial charge in [0, 0.05) is 31.2 Å². The summed E-state index contributed by atoms with van der Waals surface area (Å²) in [6.07, 6.45) is 3.83. The first-order chi connectivity index (χ1) is 18.7. The van der Waals surface area contributed by atoms with Gasteiger partial charge in [-0.25, -0.2) is 15.0 Å². The minimum absolute atomic E-state index is 0.128. The van der Waals surface area contributed by atoms with Gasteiger partial charge in [-0.2, -0.15) is 5.10 Å². The van der Waals surface area contributed by atoms with E-state index in [0.717, 1.165) is 5.56 Å². The van der Waals surface area contributed by atoms with Gasteiger partial charge in [-0.05, 0) is 71.1 Å². The van der Waals surface area contributed by atoms with Crippen molar-refractivity contribution >= 4 is 50.2 Å². The summed E-state index contributed by atoms with van der Waals surface area (Å²) in [5.74, 6) is 0.169. The van der Waals surface area contributed by atoms with Crippen LogP contribution in [-0.2, 0) is 16.1 Å². The predicted octanol–water partition coefficient (Wildman–Crippen LogP) is 4.16. The second kappa shape index (κ2) is 10.9. The molecule has 2 atom stereocenters. The zero-order valence-corrected chi connectivity index (χ0v) is 23.2. The highest BCUT2D eigenvalue weighted by Crippen LogP contribution is 2.28. The van der Waals surface area contributed by atoms with Crippen molar-refractivity contribution in [2.24, 2.45) is 5.92 Å². The Morgan fingerprint density at radius 2 is 1.92 bits per heavy atom. The summed E-state index contributed by atoms with van der Waals surface area (Å²) in [7, 11) is 0. The molecule has 5 rings (SSSR count). The number of fused-ring (bicyclic) bond motifs is 1. The summed E-state index contributed by atoms with van der Waals surface area (Å²) in [6, 6.07) is 9.88. The van der Waals surface area contributed by atoms with Crippen molar-refractivity contribution in [1.82, 2.24) is 29.6 Å². The van der Waals surface area contributed by atoms with Gasteiger partial charge < -0.3 is 15.0 Å². The molecule has 0 spiro atoms. The zero-order valence-electron chi connectivity index (χ0n) is 21.6. The molecule has 1 aromatic carbocycles. The fourth-order valence-electron chi connectivity index (χ4n) is 4.62. The number of halogens is 1. The van der Waals surface area contributed by atoms with Crippen molar-refractivity contribution < 1.29 is 19.1 Å². The lowest BCUT2D eigenvalue weighted by Gasteiger charge is -2.24. The van der Waals surface area contributed by atoms with Gasteiger partial charge in [0.05, 0.1) is 5.52 Å². The highest BCUT2D eigenvalue weighted by Gasteiger charge is 2.38. The van der Waals surface area contributed by atoms with Crippen LogP contribution < -0.4 is 10.1 Å². The maximum atomic E-state index is 13.5. The third kappa shape index (κ3) is 5.80. The fraction of sp³-hybridized carbons (Fsp3) is 0.296. The number of benzene rings is 1. The van der Waals surface area contributed by atoms with Crippen molar-refractivity contribution in [3.63, 3.8) is 0 Å². The minimum Gasteiger partial charge on any atom is -0.424 e. The highest BCUT2D eigenvalue weighted by atomic mass is 79.9. The Bertz CT molecular complexity index is 1570. The number of carbonyl (C=O) groups is 3. The number of hydrogen-bond acceptors (Lipinski definition) is 8. The van der Waals surface area contributed by atoms with E-state index in [1.165, 1.54) is 11.6 Å². The maximum Gasteiger partial charge on any atom is 0.321 e. The lowest BCUT2D eigenvalue weighted by molar-refractivity contribution is -0.137. The molecule has 0 unspecified atom stereocenters. The molecule has 2 amide bonds.